The number of hydrogen-bond donors (Lipinski definition) is 1. The Morgan fingerprint density at radius 1 is 1.42 bits per heavy atom. The lowest BCUT2D eigenvalue weighted by Gasteiger charge is -2.22. The lowest BCUT2D eigenvalue weighted by molar-refractivity contribution is -0.173. The molecule has 0 amide bonds. The highest BCUT2D eigenvalue weighted by Gasteiger charge is 2.23. The molecule has 1 aromatic carbocycles. The number of ether oxygens (including phenoxy) is 2. The van der Waals surface area contributed by atoms with E-state index in [-0.39, 0.29) is 5.57 Å². The zero-order valence-electron chi connectivity index (χ0n) is 10.5. The minimum absolute atomic E-state index is 0.240. The molecule has 0 aliphatic rings. The number of hydrogen-bond acceptors (Lipinski definition) is 4. The van der Waals surface area contributed by atoms with E-state index in [0.717, 1.165) is 4.47 Å². The van der Waals surface area contributed by atoms with E-state index in [1.54, 1.807) is 18.2 Å². The predicted molar refractivity (Wildman–Crippen MR) is 78.8 cm³/mol. The van der Waals surface area contributed by atoms with Crippen molar-refractivity contribution in [3.63, 3.8) is 0 Å². The standard InChI is InChI=1S/C13H14Br2O4/c1-7(2)12(17)19-13(8(3)16)18-11-5-4-9(14)6-10(11)15/h4-6,8,13,16H,1H2,2-3H3. The highest BCUT2D eigenvalue weighted by atomic mass is 79.9. The molecule has 0 radical (unpaired) electrons. The van der Waals surface area contributed by atoms with Crippen LogP contribution in [0.1, 0.15) is 13.8 Å². The molecule has 0 saturated carbocycles. The van der Waals surface area contributed by atoms with Crippen LogP contribution in [0.25, 0.3) is 0 Å². The molecule has 1 aromatic rings. The van der Waals surface area contributed by atoms with Crippen LogP contribution in [-0.2, 0) is 9.53 Å². The molecular formula is C13H14Br2O4. The largest absolute Gasteiger partial charge is 0.451 e. The summed E-state index contributed by atoms with van der Waals surface area (Å²) in [5, 5.41) is 9.59. The molecule has 2 atom stereocenters. The molecule has 6 heteroatoms. The van der Waals surface area contributed by atoms with Crippen LogP contribution in [0.3, 0.4) is 0 Å². The van der Waals surface area contributed by atoms with Gasteiger partial charge in [0.1, 0.15) is 11.9 Å². The van der Waals surface area contributed by atoms with Crippen molar-refractivity contribution in [2.24, 2.45) is 0 Å². The lowest BCUT2D eigenvalue weighted by atomic mass is 10.3. The summed E-state index contributed by atoms with van der Waals surface area (Å²) in [5.41, 5.74) is 0.240. The van der Waals surface area contributed by atoms with Crippen LogP contribution in [0.2, 0.25) is 0 Å². The molecule has 19 heavy (non-hydrogen) atoms. The second kappa shape index (κ2) is 7.07. The Balaban J connectivity index is 2.84. The van der Waals surface area contributed by atoms with Crippen LogP contribution in [-0.4, -0.2) is 23.5 Å². The summed E-state index contributed by atoms with van der Waals surface area (Å²) in [6.45, 7) is 6.48. The minimum Gasteiger partial charge on any atom is -0.451 e. The second-order valence-corrected chi connectivity index (χ2v) is 5.76. The lowest BCUT2D eigenvalue weighted by Crippen LogP contribution is -2.34. The zero-order valence-corrected chi connectivity index (χ0v) is 13.7. The maximum Gasteiger partial charge on any atom is 0.336 e. The molecule has 0 heterocycles. The van der Waals surface area contributed by atoms with E-state index >= 15 is 0 Å². The van der Waals surface area contributed by atoms with Crippen LogP contribution < -0.4 is 4.74 Å². The molecule has 0 saturated heterocycles. The number of aliphatic hydroxyl groups is 1. The Morgan fingerprint density at radius 2 is 2.05 bits per heavy atom. The van der Waals surface area contributed by atoms with Crippen molar-refractivity contribution >= 4 is 37.8 Å². The van der Waals surface area contributed by atoms with Crippen molar-refractivity contribution in [1.82, 2.24) is 0 Å². The molecule has 0 aliphatic carbocycles. The summed E-state index contributed by atoms with van der Waals surface area (Å²) in [6, 6.07) is 5.26. The second-order valence-electron chi connectivity index (χ2n) is 3.99. The molecule has 0 aromatic heterocycles. The van der Waals surface area contributed by atoms with E-state index < -0.39 is 18.4 Å². The number of esters is 1. The third kappa shape index (κ3) is 4.97. The van der Waals surface area contributed by atoms with Crippen LogP contribution in [0.15, 0.2) is 39.3 Å². The number of rotatable bonds is 5. The molecule has 0 bridgehead atoms. The van der Waals surface area contributed by atoms with E-state index in [2.05, 4.69) is 38.4 Å². The average Bonchev–Trinajstić information content (AvgIpc) is 2.30. The van der Waals surface area contributed by atoms with Gasteiger partial charge in [-0.2, -0.15) is 0 Å². The molecule has 0 aliphatic heterocycles. The monoisotopic (exact) mass is 392 g/mol. The van der Waals surface area contributed by atoms with Crippen LogP contribution in [0.5, 0.6) is 5.75 Å². The average molecular weight is 394 g/mol. The third-order valence-electron chi connectivity index (χ3n) is 2.10. The van der Waals surface area contributed by atoms with Gasteiger partial charge < -0.3 is 14.6 Å². The maximum atomic E-state index is 11.5. The Bertz CT molecular complexity index is 486. The van der Waals surface area contributed by atoms with E-state index in [9.17, 15) is 9.90 Å². The third-order valence-corrected chi connectivity index (χ3v) is 3.22. The van der Waals surface area contributed by atoms with Crippen molar-refractivity contribution in [3.8, 4) is 5.75 Å². The van der Waals surface area contributed by atoms with Gasteiger partial charge in [0.15, 0.2) is 0 Å². The van der Waals surface area contributed by atoms with Gasteiger partial charge in [-0.05, 0) is 48.0 Å². The molecular weight excluding hydrogens is 380 g/mol. The summed E-state index contributed by atoms with van der Waals surface area (Å²) in [7, 11) is 0. The number of aliphatic hydroxyl groups excluding tert-OH is 1. The van der Waals surface area contributed by atoms with Gasteiger partial charge in [0.05, 0.1) is 4.47 Å². The highest BCUT2D eigenvalue weighted by Crippen LogP contribution is 2.29. The SMILES string of the molecule is C=C(C)C(=O)OC(Oc1ccc(Br)cc1Br)C(C)O. The fourth-order valence-electron chi connectivity index (χ4n) is 1.12. The molecule has 4 nitrogen and oxygen atoms in total. The molecule has 0 fully saturated rings. The fraction of sp³-hybridized carbons (Fsp3) is 0.308. The number of carbonyl (C=O) groups is 1. The van der Waals surface area contributed by atoms with Gasteiger partial charge in [-0.3, -0.25) is 0 Å². The predicted octanol–water partition coefficient (Wildman–Crippen LogP) is 3.42. The smallest absolute Gasteiger partial charge is 0.336 e. The normalized spacial score (nSPS) is 13.5. The van der Waals surface area contributed by atoms with E-state index in [1.165, 1.54) is 13.8 Å². The van der Waals surface area contributed by atoms with E-state index in [1.807, 2.05) is 0 Å². The van der Waals surface area contributed by atoms with Crippen molar-refractivity contribution in [2.45, 2.75) is 26.2 Å². The summed E-state index contributed by atoms with van der Waals surface area (Å²) in [6.07, 6.45) is -2.07. The highest BCUT2D eigenvalue weighted by molar-refractivity contribution is 9.11. The molecule has 0 spiro atoms. The Hall–Kier alpha value is -0.850. The zero-order chi connectivity index (χ0) is 14.6. The van der Waals surface area contributed by atoms with E-state index in [4.69, 9.17) is 9.47 Å². The number of halogens is 2. The summed E-state index contributed by atoms with van der Waals surface area (Å²) >= 11 is 6.64. The minimum atomic E-state index is -1.10. The summed E-state index contributed by atoms with van der Waals surface area (Å²) in [5.74, 6) is -0.150. The van der Waals surface area contributed by atoms with Crippen molar-refractivity contribution in [2.75, 3.05) is 0 Å². The van der Waals surface area contributed by atoms with Crippen molar-refractivity contribution in [1.29, 1.82) is 0 Å². The Morgan fingerprint density at radius 3 is 2.53 bits per heavy atom. The van der Waals surface area contributed by atoms with Gasteiger partial charge in [0, 0.05) is 10.0 Å². The van der Waals surface area contributed by atoms with Crippen LogP contribution in [0.4, 0.5) is 0 Å². The van der Waals surface area contributed by atoms with Gasteiger partial charge in [0.2, 0.25) is 0 Å². The van der Waals surface area contributed by atoms with Crippen molar-refractivity contribution < 1.29 is 19.4 Å². The Labute approximate surface area is 128 Å². The van der Waals surface area contributed by atoms with Crippen molar-refractivity contribution in [3.05, 3.63) is 39.3 Å². The molecule has 1 N–H and O–H groups in total. The van der Waals surface area contributed by atoms with Crippen LogP contribution >= 0.6 is 31.9 Å². The number of carbonyl (C=O) groups excluding carboxylic acids is 1. The number of benzene rings is 1. The Kier molecular flexibility index (Phi) is 6.03. The first-order chi connectivity index (χ1) is 8.81. The molecule has 2 unspecified atom stereocenters. The first-order valence-corrected chi connectivity index (χ1v) is 7.06. The molecule has 1 rings (SSSR count). The molecule has 104 valence electrons. The van der Waals surface area contributed by atoms with Gasteiger partial charge in [-0.15, -0.1) is 0 Å². The van der Waals surface area contributed by atoms with Crippen LogP contribution in [0, 0.1) is 0 Å². The maximum absolute atomic E-state index is 11.5. The van der Waals surface area contributed by atoms with Gasteiger partial charge >= 0.3 is 5.97 Å². The van der Waals surface area contributed by atoms with Gasteiger partial charge in [-0.1, -0.05) is 22.5 Å². The first kappa shape index (κ1) is 16.2. The topological polar surface area (TPSA) is 55.8 Å². The quantitative estimate of drug-likeness (QED) is 0.473. The summed E-state index contributed by atoms with van der Waals surface area (Å²) in [4.78, 5) is 11.5. The van der Waals surface area contributed by atoms with E-state index in [0.29, 0.717) is 10.2 Å². The van der Waals surface area contributed by atoms with Gasteiger partial charge in [-0.25, -0.2) is 4.79 Å². The first-order valence-electron chi connectivity index (χ1n) is 5.47. The van der Waals surface area contributed by atoms with Gasteiger partial charge in [0.25, 0.3) is 6.29 Å². The fourth-order valence-corrected chi connectivity index (χ4v) is 2.26. The summed E-state index contributed by atoms with van der Waals surface area (Å²) < 4.78 is 12.1.